The van der Waals surface area contributed by atoms with E-state index in [0.717, 1.165) is 17.6 Å². The van der Waals surface area contributed by atoms with Gasteiger partial charge in [0.2, 0.25) is 0 Å². The van der Waals surface area contributed by atoms with Crippen LogP contribution in [0.4, 0.5) is 13.2 Å². The molecule has 1 heterocycles. The number of rotatable bonds is 4. The van der Waals surface area contributed by atoms with Crippen LogP contribution in [-0.2, 0) is 4.79 Å². The molecule has 2 aliphatic carbocycles. The second-order valence-corrected chi connectivity index (χ2v) is 4.81. The minimum atomic E-state index is -4.46. The van der Waals surface area contributed by atoms with Crippen molar-refractivity contribution in [2.24, 2.45) is 10.2 Å². The van der Waals surface area contributed by atoms with Crippen molar-refractivity contribution in [3.63, 3.8) is 0 Å². The molecule has 0 radical (unpaired) electrons. The van der Waals surface area contributed by atoms with Gasteiger partial charge in [-0.25, -0.2) is 0 Å². The van der Waals surface area contributed by atoms with Gasteiger partial charge >= 0.3 is 6.18 Å². The fourth-order valence-electron chi connectivity index (χ4n) is 2.24. The van der Waals surface area contributed by atoms with E-state index >= 15 is 0 Å². The number of carbonyl (C=O) groups excluding carboxylic acids is 1. The summed E-state index contributed by atoms with van der Waals surface area (Å²) in [5.41, 5.74) is 3.34. The first-order chi connectivity index (χ1) is 9.39. The lowest BCUT2D eigenvalue weighted by atomic mass is 10.1. The quantitative estimate of drug-likeness (QED) is 0.825. The number of amides is 1. The van der Waals surface area contributed by atoms with Crippen molar-refractivity contribution in [1.29, 1.82) is 0 Å². The van der Waals surface area contributed by atoms with Crippen LogP contribution in [0.1, 0.15) is 12.8 Å². The average molecular weight is 285 g/mol. The van der Waals surface area contributed by atoms with Gasteiger partial charge in [-0.05, 0) is 17.2 Å². The Morgan fingerprint density at radius 2 is 2.20 bits per heavy atom. The van der Waals surface area contributed by atoms with Crippen molar-refractivity contribution in [1.82, 2.24) is 5.32 Å². The van der Waals surface area contributed by atoms with Crippen LogP contribution >= 0.6 is 0 Å². The van der Waals surface area contributed by atoms with Crippen molar-refractivity contribution in [3.8, 4) is 0 Å². The van der Waals surface area contributed by atoms with Crippen molar-refractivity contribution in [3.05, 3.63) is 34.2 Å². The molecule has 1 fully saturated rings. The van der Waals surface area contributed by atoms with E-state index < -0.39 is 31.2 Å². The summed E-state index contributed by atoms with van der Waals surface area (Å²) in [6, 6.07) is -1.38. The van der Waals surface area contributed by atoms with Crippen LogP contribution in [0.15, 0.2) is 44.4 Å². The molecule has 1 atom stereocenters. The average Bonchev–Trinajstić information content (AvgIpc) is 2.82. The van der Waals surface area contributed by atoms with E-state index in [-0.39, 0.29) is 5.70 Å². The van der Waals surface area contributed by atoms with Crippen LogP contribution in [0.25, 0.3) is 0 Å². The number of carbonyl (C=O) groups is 1. The number of azo groups is 1. The molecule has 3 aliphatic rings. The second kappa shape index (κ2) is 4.27. The third-order valence-electron chi connectivity index (χ3n) is 3.24. The first-order valence-electron chi connectivity index (χ1n) is 5.98. The molecule has 0 aromatic heterocycles. The largest absolute Gasteiger partial charge is 0.394 e. The fourth-order valence-corrected chi connectivity index (χ4v) is 2.24. The molecule has 3 rings (SSSR count). The molecule has 106 valence electrons. The molecule has 0 bridgehead atoms. The third-order valence-corrected chi connectivity index (χ3v) is 3.24. The van der Waals surface area contributed by atoms with Crippen LogP contribution in [0.3, 0.4) is 0 Å². The van der Waals surface area contributed by atoms with Gasteiger partial charge < -0.3 is 10.4 Å². The highest BCUT2D eigenvalue weighted by atomic mass is 19.4. The third kappa shape index (κ3) is 2.26. The van der Waals surface area contributed by atoms with Crippen molar-refractivity contribution < 1.29 is 23.1 Å². The standard InChI is InChI=1S/C12H10F3N3O2/c13-12(14,15)3-6(4-19)16-11(20)10-8-2-5-1-7(5)9(8)17-18-10/h2,6,19H,1,3-4H2,(H,16,20)/t6-/m0/s1. The van der Waals surface area contributed by atoms with E-state index in [4.69, 9.17) is 5.11 Å². The number of aliphatic hydroxyl groups is 1. The van der Waals surface area contributed by atoms with E-state index in [0.29, 0.717) is 11.3 Å². The van der Waals surface area contributed by atoms with E-state index in [2.05, 4.69) is 15.5 Å². The second-order valence-electron chi connectivity index (χ2n) is 4.81. The number of nitrogens with one attached hydrogen (secondary N) is 1. The Balaban J connectivity index is 1.72. The summed E-state index contributed by atoms with van der Waals surface area (Å²) in [5, 5.41) is 18.6. The molecular weight excluding hydrogens is 275 g/mol. The Labute approximate surface area is 111 Å². The maximum atomic E-state index is 12.3. The Morgan fingerprint density at radius 3 is 2.85 bits per heavy atom. The molecule has 8 heteroatoms. The molecule has 5 nitrogen and oxygen atoms in total. The van der Waals surface area contributed by atoms with Crippen LogP contribution in [0.5, 0.6) is 0 Å². The molecule has 2 N–H and O–H groups in total. The number of fused-ring (bicyclic) bond motifs is 2. The number of aliphatic hydroxyl groups excluding tert-OH is 1. The van der Waals surface area contributed by atoms with Crippen molar-refractivity contribution >= 4 is 5.91 Å². The van der Waals surface area contributed by atoms with Gasteiger partial charge in [-0.3, -0.25) is 4.79 Å². The monoisotopic (exact) mass is 285 g/mol. The number of allylic oxidation sites excluding steroid dienone is 3. The summed E-state index contributed by atoms with van der Waals surface area (Å²) in [6.07, 6.45) is -3.14. The van der Waals surface area contributed by atoms with Gasteiger partial charge in [-0.15, -0.1) is 10.2 Å². The van der Waals surface area contributed by atoms with Gasteiger partial charge in [-0.2, -0.15) is 13.2 Å². The molecule has 1 aliphatic heterocycles. The zero-order valence-electron chi connectivity index (χ0n) is 10.2. The van der Waals surface area contributed by atoms with Crippen molar-refractivity contribution in [2.75, 3.05) is 6.61 Å². The van der Waals surface area contributed by atoms with Gasteiger partial charge in [-0.1, -0.05) is 0 Å². The van der Waals surface area contributed by atoms with Gasteiger partial charge in [0, 0.05) is 12.0 Å². The molecular formula is C12H10F3N3O2. The summed E-state index contributed by atoms with van der Waals surface area (Å²) >= 11 is 0. The Kier molecular flexibility index (Phi) is 2.79. The fraction of sp³-hybridized carbons (Fsp3) is 0.417. The smallest absolute Gasteiger partial charge is 0.391 e. The minimum Gasteiger partial charge on any atom is -0.394 e. The Hall–Kier alpha value is -1.96. The van der Waals surface area contributed by atoms with Crippen LogP contribution in [0, 0.1) is 0 Å². The number of hydrogen-bond acceptors (Lipinski definition) is 4. The molecule has 1 saturated carbocycles. The molecule has 0 saturated heterocycles. The lowest BCUT2D eigenvalue weighted by Gasteiger charge is -2.17. The topological polar surface area (TPSA) is 74.0 Å². The Bertz CT molecular complexity index is 614. The van der Waals surface area contributed by atoms with E-state index in [1.165, 1.54) is 0 Å². The van der Waals surface area contributed by atoms with E-state index in [1.807, 2.05) is 0 Å². The minimum absolute atomic E-state index is 0.00724. The summed E-state index contributed by atoms with van der Waals surface area (Å²) in [5.74, 6) is -0.749. The summed E-state index contributed by atoms with van der Waals surface area (Å²) in [6.45, 7) is -0.792. The first-order valence-corrected chi connectivity index (χ1v) is 5.98. The number of nitrogens with zero attached hydrogens (tertiary/aromatic N) is 2. The SMILES string of the molecule is O=C(N[C@H](CO)CC(F)(F)F)C1=C2C=C3CC3=C2N=N1. The summed E-state index contributed by atoms with van der Waals surface area (Å²) < 4.78 is 36.8. The predicted octanol–water partition coefficient (Wildman–Crippen LogP) is 1.73. The normalized spacial score (nSPS) is 20.9. The highest BCUT2D eigenvalue weighted by Crippen LogP contribution is 2.51. The summed E-state index contributed by atoms with van der Waals surface area (Å²) in [7, 11) is 0. The molecule has 1 amide bonds. The lowest BCUT2D eigenvalue weighted by molar-refractivity contribution is -0.144. The maximum Gasteiger partial charge on any atom is 0.391 e. The maximum absolute atomic E-state index is 12.3. The van der Waals surface area contributed by atoms with Gasteiger partial charge in [0.15, 0.2) is 5.70 Å². The molecule has 0 unspecified atom stereocenters. The predicted molar refractivity (Wildman–Crippen MR) is 61.3 cm³/mol. The van der Waals surface area contributed by atoms with Gasteiger partial charge in [0.1, 0.15) is 0 Å². The highest BCUT2D eigenvalue weighted by Gasteiger charge is 2.39. The molecule has 0 spiro atoms. The van der Waals surface area contributed by atoms with Crippen LogP contribution < -0.4 is 5.32 Å². The van der Waals surface area contributed by atoms with Crippen molar-refractivity contribution in [2.45, 2.75) is 25.1 Å². The zero-order chi connectivity index (χ0) is 14.5. The summed E-state index contributed by atoms with van der Waals surface area (Å²) in [4.78, 5) is 11.9. The molecule has 0 aromatic carbocycles. The first kappa shape index (κ1) is 13.0. The van der Waals surface area contributed by atoms with Crippen LogP contribution in [0.2, 0.25) is 0 Å². The van der Waals surface area contributed by atoms with Gasteiger partial charge in [0.25, 0.3) is 5.91 Å². The van der Waals surface area contributed by atoms with Crippen LogP contribution in [-0.4, -0.2) is 29.8 Å². The molecule has 0 aromatic rings. The number of hydrogen-bond donors (Lipinski definition) is 2. The number of alkyl halides is 3. The Morgan fingerprint density at radius 1 is 1.45 bits per heavy atom. The highest BCUT2D eigenvalue weighted by molar-refractivity contribution is 5.97. The number of halogens is 3. The molecule has 20 heavy (non-hydrogen) atoms. The lowest BCUT2D eigenvalue weighted by Crippen LogP contribution is -2.41. The van der Waals surface area contributed by atoms with Gasteiger partial charge in [0.05, 0.1) is 24.8 Å². The van der Waals surface area contributed by atoms with E-state index in [1.54, 1.807) is 6.08 Å². The van der Waals surface area contributed by atoms with E-state index in [9.17, 15) is 18.0 Å². The zero-order valence-corrected chi connectivity index (χ0v) is 10.2.